The molecule has 1 rings (SSSR count). The maximum Gasteiger partial charge on any atom is 0.335 e. The average Bonchev–Trinajstić information content (AvgIpc) is 2.38. The van der Waals surface area contributed by atoms with Crippen LogP contribution >= 0.6 is 23.2 Å². The Balaban J connectivity index is 2.68. The molecule has 110 valence electrons. The summed E-state index contributed by atoms with van der Waals surface area (Å²) >= 11 is 11.8. The van der Waals surface area contributed by atoms with Crippen LogP contribution in [0.15, 0.2) is 12.1 Å². The summed E-state index contributed by atoms with van der Waals surface area (Å²) in [4.78, 5) is 22.4. The highest BCUT2D eigenvalue weighted by molar-refractivity contribution is 6.40. The molecule has 1 aromatic rings. The SMILES string of the molecule is COCCOCC(=O)Nc1c(Cl)cc(C(=O)O)cc1Cl. The molecule has 8 heteroatoms. The Morgan fingerprint density at radius 2 is 1.85 bits per heavy atom. The molecule has 0 unspecified atom stereocenters. The van der Waals surface area contributed by atoms with Crippen molar-refractivity contribution >= 4 is 40.8 Å². The molecule has 0 fully saturated rings. The van der Waals surface area contributed by atoms with Gasteiger partial charge >= 0.3 is 5.97 Å². The number of amides is 1. The first-order valence-electron chi connectivity index (χ1n) is 5.54. The van der Waals surface area contributed by atoms with Gasteiger partial charge in [-0.25, -0.2) is 4.79 Å². The molecule has 0 heterocycles. The van der Waals surface area contributed by atoms with E-state index in [-0.39, 0.29) is 34.5 Å². The first-order chi connectivity index (χ1) is 9.45. The van der Waals surface area contributed by atoms with E-state index in [1.54, 1.807) is 0 Å². The largest absolute Gasteiger partial charge is 0.478 e. The summed E-state index contributed by atoms with van der Waals surface area (Å²) in [7, 11) is 1.52. The van der Waals surface area contributed by atoms with Gasteiger partial charge < -0.3 is 19.9 Å². The van der Waals surface area contributed by atoms with Gasteiger partial charge in [0.05, 0.1) is 34.5 Å². The van der Waals surface area contributed by atoms with Gasteiger partial charge in [-0.1, -0.05) is 23.2 Å². The van der Waals surface area contributed by atoms with Gasteiger partial charge in [-0.05, 0) is 12.1 Å². The van der Waals surface area contributed by atoms with Crippen molar-refractivity contribution in [3.63, 3.8) is 0 Å². The summed E-state index contributed by atoms with van der Waals surface area (Å²) in [6, 6.07) is 2.41. The van der Waals surface area contributed by atoms with E-state index in [9.17, 15) is 9.59 Å². The molecule has 0 saturated heterocycles. The van der Waals surface area contributed by atoms with Crippen molar-refractivity contribution in [1.82, 2.24) is 0 Å². The van der Waals surface area contributed by atoms with Crippen molar-refractivity contribution in [3.8, 4) is 0 Å². The van der Waals surface area contributed by atoms with E-state index < -0.39 is 11.9 Å². The van der Waals surface area contributed by atoms with E-state index in [1.165, 1.54) is 19.2 Å². The Kier molecular flexibility index (Phi) is 6.74. The van der Waals surface area contributed by atoms with E-state index in [4.69, 9.17) is 37.8 Å². The fourth-order valence-corrected chi connectivity index (χ4v) is 1.88. The van der Waals surface area contributed by atoms with Gasteiger partial charge in [-0.2, -0.15) is 0 Å². The molecule has 0 aromatic heterocycles. The zero-order valence-corrected chi connectivity index (χ0v) is 12.1. The van der Waals surface area contributed by atoms with E-state index >= 15 is 0 Å². The number of halogens is 2. The van der Waals surface area contributed by atoms with Crippen LogP contribution in [0, 0.1) is 0 Å². The number of rotatable bonds is 7. The predicted molar refractivity (Wildman–Crippen MR) is 74.7 cm³/mol. The third kappa shape index (κ3) is 4.97. The van der Waals surface area contributed by atoms with E-state index in [2.05, 4.69) is 5.32 Å². The lowest BCUT2D eigenvalue weighted by atomic mass is 10.2. The number of aromatic carboxylic acids is 1. The Hall–Kier alpha value is -1.34. The summed E-state index contributed by atoms with van der Waals surface area (Å²) in [5, 5.41) is 11.4. The third-order valence-electron chi connectivity index (χ3n) is 2.22. The summed E-state index contributed by atoms with van der Waals surface area (Å²) in [5.41, 5.74) is 0.0908. The first-order valence-corrected chi connectivity index (χ1v) is 6.30. The second-order valence-electron chi connectivity index (χ2n) is 3.71. The van der Waals surface area contributed by atoms with Crippen molar-refractivity contribution in [1.29, 1.82) is 0 Å². The fraction of sp³-hybridized carbons (Fsp3) is 0.333. The monoisotopic (exact) mass is 321 g/mol. The van der Waals surface area contributed by atoms with Crippen LogP contribution in [-0.4, -0.2) is 43.9 Å². The van der Waals surface area contributed by atoms with Gasteiger partial charge in [0.1, 0.15) is 6.61 Å². The number of anilines is 1. The summed E-state index contributed by atoms with van der Waals surface area (Å²) in [5.74, 6) is -1.61. The molecular weight excluding hydrogens is 309 g/mol. The van der Waals surface area contributed by atoms with Crippen LogP contribution in [-0.2, 0) is 14.3 Å². The van der Waals surface area contributed by atoms with Crippen LogP contribution in [0.3, 0.4) is 0 Å². The number of hydrogen-bond donors (Lipinski definition) is 2. The Morgan fingerprint density at radius 1 is 1.25 bits per heavy atom. The Labute approximate surface area is 125 Å². The number of carbonyl (C=O) groups is 2. The van der Waals surface area contributed by atoms with Gasteiger partial charge in [-0.3, -0.25) is 4.79 Å². The number of carboxylic acids is 1. The highest BCUT2D eigenvalue weighted by Crippen LogP contribution is 2.31. The van der Waals surface area contributed by atoms with Gasteiger partial charge in [0, 0.05) is 7.11 Å². The summed E-state index contributed by atoms with van der Waals surface area (Å²) in [6.07, 6.45) is 0. The highest BCUT2D eigenvalue weighted by Gasteiger charge is 2.14. The van der Waals surface area contributed by atoms with E-state index in [0.29, 0.717) is 6.61 Å². The predicted octanol–water partition coefficient (Wildman–Crippen LogP) is 2.29. The summed E-state index contributed by atoms with van der Waals surface area (Å²) in [6.45, 7) is 0.474. The molecule has 1 amide bonds. The molecule has 0 aliphatic heterocycles. The van der Waals surface area contributed by atoms with Gasteiger partial charge in [-0.15, -0.1) is 0 Å². The quantitative estimate of drug-likeness (QED) is 0.753. The normalized spacial score (nSPS) is 10.3. The molecule has 0 bridgehead atoms. The van der Waals surface area contributed by atoms with Gasteiger partial charge in [0.15, 0.2) is 0 Å². The molecule has 20 heavy (non-hydrogen) atoms. The van der Waals surface area contributed by atoms with Crippen molar-refractivity contribution in [2.24, 2.45) is 0 Å². The lowest BCUT2D eigenvalue weighted by Gasteiger charge is -2.10. The molecule has 2 N–H and O–H groups in total. The number of carbonyl (C=O) groups excluding carboxylic acids is 1. The van der Waals surface area contributed by atoms with Crippen molar-refractivity contribution in [3.05, 3.63) is 27.7 Å². The van der Waals surface area contributed by atoms with Crippen LogP contribution in [0.2, 0.25) is 10.0 Å². The minimum Gasteiger partial charge on any atom is -0.478 e. The first kappa shape index (κ1) is 16.7. The van der Waals surface area contributed by atoms with E-state index in [1.807, 2.05) is 0 Å². The zero-order valence-electron chi connectivity index (χ0n) is 10.6. The second kappa shape index (κ2) is 8.06. The molecule has 0 aliphatic rings. The number of hydrogen-bond acceptors (Lipinski definition) is 4. The lowest BCUT2D eigenvalue weighted by Crippen LogP contribution is -2.20. The van der Waals surface area contributed by atoms with Crippen molar-refractivity contribution < 1.29 is 24.2 Å². The van der Waals surface area contributed by atoms with Crippen LogP contribution < -0.4 is 5.32 Å². The molecule has 0 aliphatic carbocycles. The topological polar surface area (TPSA) is 84.9 Å². The average molecular weight is 322 g/mol. The minimum absolute atomic E-state index is 0.0418. The molecule has 0 atom stereocenters. The minimum atomic E-state index is -1.16. The number of ether oxygens (including phenoxy) is 2. The number of benzene rings is 1. The fourth-order valence-electron chi connectivity index (χ4n) is 1.30. The van der Waals surface area contributed by atoms with Crippen LogP contribution in [0.4, 0.5) is 5.69 Å². The van der Waals surface area contributed by atoms with Crippen LogP contribution in [0.25, 0.3) is 0 Å². The Bertz CT molecular complexity index is 484. The molecule has 1 aromatic carbocycles. The second-order valence-corrected chi connectivity index (χ2v) is 4.53. The van der Waals surface area contributed by atoms with Crippen LogP contribution in [0.5, 0.6) is 0 Å². The lowest BCUT2D eigenvalue weighted by molar-refractivity contribution is -0.121. The number of nitrogens with one attached hydrogen (secondary N) is 1. The molecule has 0 saturated carbocycles. The molecular formula is C12H13Cl2NO5. The zero-order chi connectivity index (χ0) is 15.1. The molecule has 0 radical (unpaired) electrons. The standard InChI is InChI=1S/C12H13Cl2NO5/c1-19-2-3-20-6-10(16)15-11-8(13)4-7(12(17)18)5-9(11)14/h4-5H,2-3,6H2,1H3,(H,15,16)(H,17,18). The Morgan fingerprint density at radius 3 is 2.35 bits per heavy atom. The van der Waals surface area contributed by atoms with E-state index in [0.717, 1.165) is 0 Å². The number of methoxy groups -OCH3 is 1. The molecule has 0 spiro atoms. The summed E-state index contributed by atoms with van der Waals surface area (Å²) < 4.78 is 9.79. The smallest absolute Gasteiger partial charge is 0.335 e. The third-order valence-corrected chi connectivity index (χ3v) is 2.81. The van der Waals surface area contributed by atoms with Crippen LogP contribution in [0.1, 0.15) is 10.4 Å². The van der Waals surface area contributed by atoms with Crippen molar-refractivity contribution in [2.75, 3.05) is 32.2 Å². The molecule has 6 nitrogen and oxygen atoms in total. The van der Waals surface area contributed by atoms with Gasteiger partial charge in [0.2, 0.25) is 5.91 Å². The highest BCUT2D eigenvalue weighted by atomic mass is 35.5. The number of carboxylic acid groups (broad SMARTS) is 1. The maximum absolute atomic E-state index is 11.6. The maximum atomic E-state index is 11.6. The van der Waals surface area contributed by atoms with Gasteiger partial charge in [0.25, 0.3) is 0 Å². The van der Waals surface area contributed by atoms with Crippen molar-refractivity contribution in [2.45, 2.75) is 0 Å².